The zero-order valence-corrected chi connectivity index (χ0v) is 10.5. The van der Waals surface area contributed by atoms with Crippen LogP contribution in [0.25, 0.3) is 0 Å². The highest BCUT2D eigenvalue weighted by Crippen LogP contribution is 2.30. The quantitative estimate of drug-likeness (QED) is 0.829. The molecule has 0 radical (unpaired) electrons. The summed E-state index contributed by atoms with van der Waals surface area (Å²) < 4.78 is 13.9. The Kier molecular flexibility index (Phi) is 4.90. The van der Waals surface area contributed by atoms with Crippen LogP contribution in [0.4, 0.5) is 10.1 Å². The molecule has 0 bridgehead atoms. The van der Waals surface area contributed by atoms with E-state index in [1.54, 1.807) is 24.0 Å². The number of hydrogen-bond acceptors (Lipinski definition) is 3. The lowest BCUT2D eigenvalue weighted by molar-refractivity contribution is 0.199. The fourth-order valence-electron chi connectivity index (χ4n) is 1.91. The molecule has 0 saturated heterocycles. The number of hydrogen-bond donors (Lipinski definition) is 2. The van der Waals surface area contributed by atoms with Gasteiger partial charge in [-0.05, 0) is 26.8 Å². The fourth-order valence-corrected chi connectivity index (χ4v) is 1.91. The van der Waals surface area contributed by atoms with Crippen molar-refractivity contribution in [3.05, 3.63) is 29.6 Å². The summed E-state index contributed by atoms with van der Waals surface area (Å²) in [5.41, 5.74) is 0.929. The average molecular weight is 241 g/mol. The monoisotopic (exact) mass is 241 g/mol. The molecule has 0 unspecified atom stereocenters. The van der Waals surface area contributed by atoms with Gasteiger partial charge < -0.3 is 15.1 Å². The molecule has 1 aromatic carbocycles. The van der Waals surface area contributed by atoms with Gasteiger partial charge in [-0.3, -0.25) is 0 Å². The number of aliphatic hydroxyl groups excluding tert-OH is 2. The van der Waals surface area contributed by atoms with Crippen LogP contribution in [-0.2, 0) is 0 Å². The molecule has 0 heterocycles. The van der Waals surface area contributed by atoms with E-state index in [0.717, 1.165) is 0 Å². The summed E-state index contributed by atoms with van der Waals surface area (Å²) in [6.45, 7) is 5.75. The molecule has 1 aromatic rings. The van der Waals surface area contributed by atoms with E-state index < -0.39 is 6.10 Å². The van der Waals surface area contributed by atoms with Gasteiger partial charge in [-0.15, -0.1) is 0 Å². The largest absolute Gasteiger partial charge is 0.395 e. The Morgan fingerprint density at radius 1 is 1.29 bits per heavy atom. The van der Waals surface area contributed by atoms with E-state index in [1.165, 1.54) is 6.07 Å². The second-order valence-electron chi connectivity index (χ2n) is 4.36. The van der Waals surface area contributed by atoms with Crippen LogP contribution in [0.1, 0.15) is 32.4 Å². The van der Waals surface area contributed by atoms with Crippen molar-refractivity contribution in [2.75, 3.05) is 18.1 Å². The van der Waals surface area contributed by atoms with Crippen molar-refractivity contribution in [1.29, 1.82) is 0 Å². The number of halogens is 1. The summed E-state index contributed by atoms with van der Waals surface area (Å²) in [6, 6.07) is 4.71. The Morgan fingerprint density at radius 2 is 1.94 bits per heavy atom. The lowest BCUT2D eigenvalue weighted by Gasteiger charge is -2.31. The van der Waals surface area contributed by atoms with Gasteiger partial charge in [0.05, 0.1) is 18.4 Å². The highest BCUT2D eigenvalue weighted by molar-refractivity contribution is 5.56. The number of aliphatic hydroxyl groups is 2. The first kappa shape index (κ1) is 13.9. The zero-order chi connectivity index (χ0) is 13.0. The molecular weight excluding hydrogens is 221 g/mol. The third-order valence-corrected chi connectivity index (χ3v) is 2.72. The van der Waals surface area contributed by atoms with Crippen molar-refractivity contribution in [3.63, 3.8) is 0 Å². The lowest BCUT2D eigenvalue weighted by atomic mass is 10.1. The second-order valence-corrected chi connectivity index (χ2v) is 4.36. The Labute approximate surface area is 101 Å². The molecule has 3 nitrogen and oxygen atoms in total. The molecular formula is C13H20FNO2. The van der Waals surface area contributed by atoms with Gasteiger partial charge in [0.1, 0.15) is 5.82 Å². The van der Waals surface area contributed by atoms with Gasteiger partial charge in [0.2, 0.25) is 0 Å². The van der Waals surface area contributed by atoms with Crippen molar-refractivity contribution in [2.45, 2.75) is 32.9 Å². The molecule has 96 valence electrons. The maximum absolute atomic E-state index is 13.9. The number of benzene rings is 1. The molecule has 0 amide bonds. The van der Waals surface area contributed by atoms with E-state index in [-0.39, 0.29) is 18.5 Å². The number of anilines is 1. The minimum Gasteiger partial charge on any atom is -0.395 e. The SMILES string of the molecule is CC(C)N(CCO)c1c(F)cccc1[C@H](C)O. The van der Waals surface area contributed by atoms with Gasteiger partial charge in [-0.1, -0.05) is 12.1 Å². The van der Waals surface area contributed by atoms with Gasteiger partial charge in [0.15, 0.2) is 0 Å². The van der Waals surface area contributed by atoms with E-state index in [4.69, 9.17) is 5.11 Å². The van der Waals surface area contributed by atoms with Crippen molar-refractivity contribution in [3.8, 4) is 0 Å². The van der Waals surface area contributed by atoms with Gasteiger partial charge in [0, 0.05) is 18.2 Å². The van der Waals surface area contributed by atoms with E-state index in [1.807, 2.05) is 13.8 Å². The number of nitrogens with zero attached hydrogens (tertiary/aromatic N) is 1. The third-order valence-electron chi connectivity index (χ3n) is 2.72. The second kappa shape index (κ2) is 5.98. The molecule has 0 aliphatic rings. The van der Waals surface area contributed by atoms with Crippen LogP contribution < -0.4 is 4.90 Å². The van der Waals surface area contributed by atoms with E-state index in [9.17, 15) is 9.50 Å². The first-order valence-corrected chi connectivity index (χ1v) is 5.83. The first-order chi connectivity index (χ1) is 7.99. The Bertz CT molecular complexity index is 366. The normalized spacial score (nSPS) is 12.9. The van der Waals surface area contributed by atoms with Crippen LogP contribution >= 0.6 is 0 Å². The smallest absolute Gasteiger partial charge is 0.146 e. The molecule has 17 heavy (non-hydrogen) atoms. The van der Waals surface area contributed by atoms with E-state index in [0.29, 0.717) is 17.8 Å². The van der Waals surface area contributed by atoms with Gasteiger partial charge in [0.25, 0.3) is 0 Å². The maximum atomic E-state index is 13.9. The van der Waals surface area contributed by atoms with Crippen molar-refractivity contribution >= 4 is 5.69 Å². The molecule has 1 atom stereocenters. The van der Waals surface area contributed by atoms with Gasteiger partial charge in [-0.2, -0.15) is 0 Å². The molecule has 0 aliphatic carbocycles. The highest BCUT2D eigenvalue weighted by atomic mass is 19.1. The van der Waals surface area contributed by atoms with Crippen molar-refractivity contribution in [2.24, 2.45) is 0 Å². The summed E-state index contributed by atoms with van der Waals surface area (Å²) in [6.07, 6.45) is -0.736. The van der Waals surface area contributed by atoms with E-state index in [2.05, 4.69) is 0 Å². The molecule has 1 rings (SSSR count). The molecule has 0 spiro atoms. The van der Waals surface area contributed by atoms with Crippen LogP contribution in [0.3, 0.4) is 0 Å². The van der Waals surface area contributed by atoms with Crippen molar-refractivity contribution in [1.82, 2.24) is 0 Å². The van der Waals surface area contributed by atoms with Gasteiger partial charge >= 0.3 is 0 Å². The molecule has 0 fully saturated rings. The van der Waals surface area contributed by atoms with Crippen LogP contribution in [0, 0.1) is 5.82 Å². The number of rotatable bonds is 5. The first-order valence-electron chi connectivity index (χ1n) is 5.83. The predicted molar refractivity (Wildman–Crippen MR) is 66.6 cm³/mol. The maximum Gasteiger partial charge on any atom is 0.146 e. The molecule has 0 saturated carbocycles. The fraction of sp³-hybridized carbons (Fsp3) is 0.538. The Hall–Kier alpha value is -1.13. The van der Waals surface area contributed by atoms with E-state index >= 15 is 0 Å². The third kappa shape index (κ3) is 3.17. The van der Waals surface area contributed by atoms with Crippen LogP contribution in [0.5, 0.6) is 0 Å². The van der Waals surface area contributed by atoms with Gasteiger partial charge in [-0.25, -0.2) is 4.39 Å². The summed E-state index contributed by atoms with van der Waals surface area (Å²) >= 11 is 0. The predicted octanol–water partition coefficient (Wildman–Crippen LogP) is 2.09. The van der Waals surface area contributed by atoms with Crippen LogP contribution in [-0.4, -0.2) is 29.4 Å². The topological polar surface area (TPSA) is 43.7 Å². The summed E-state index contributed by atoms with van der Waals surface area (Å²) in [4.78, 5) is 1.76. The molecule has 0 aromatic heterocycles. The zero-order valence-electron chi connectivity index (χ0n) is 10.5. The standard InChI is InChI=1S/C13H20FNO2/c1-9(2)15(7-8-16)13-11(10(3)17)5-4-6-12(13)14/h4-6,9-10,16-17H,7-8H2,1-3H3/t10-/m0/s1. The Morgan fingerprint density at radius 3 is 2.41 bits per heavy atom. The van der Waals surface area contributed by atoms with Crippen LogP contribution in [0.15, 0.2) is 18.2 Å². The summed E-state index contributed by atoms with van der Waals surface area (Å²) in [7, 11) is 0. The molecule has 4 heteroatoms. The lowest BCUT2D eigenvalue weighted by Crippen LogP contribution is -2.35. The molecule has 2 N–H and O–H groups in total. The average Bonchev–Trinajstić information content (AvgIpc) is 2.25. The summed E-state index contributed by atoms with van der Waals surface area (Å²) in [5.74, 6) is -0.370. The van der Waals surface area contributed by atoms with Crippen LogP contribution in [0.2, 0.25) is 0 Å². The minimum absolute atomic E-state index is 0.0498. The Balaban J connectivity index is 3.25. The van der Waals surface area contributed by atoms with Crippen molar-refractivity contribution < 1.29 is 14.6 Å². The highest BCUT2D eigenvalue weighted by Gasteiger charge is 2.20. The molecule has 0 aliphatic heterocycles. The summed E-state index contributed by atoms with van der Waals surface area (Å²) in [5, 5.41) is 18.7. The minimum atomic E-state index is -0.736. The number of para-hydroxylation sites is 1.